The molecule has 2 amide bonds. The van der Waals surface area contributed by atoms with Gasteiger partial charge in [-0.15, -0.1) is 0 Å². The molecular weight excluding hydrogens is 336 g/mol. The lowest BCUT2D eigenvalue weighted by molar-refractivity contribution is -0.140. The van der Waals surface area contributed by atoms with Gasteiger partial charge >= 0.3 is 12.0 Å². The van der Waals surface area contributed by atoms with Gasteiger partial charge in [-0.05, 0) is 37.1 Å². The Kier molecular flexibility index (Phi) is 6.90. The van der Waals surface area contributed by atoms with Crippen LogP contribution in [0.15, 0.2) is 36.7 Å². The van der Waals surface area contributed by atoms with E-state index < -0.39 is 0 Å². The molecule has 0 saturated heterocycles. The normalized spacial score (nSPS) is 10.2. The van der Waals surface area contributed by atoms with Gasteiger partial charge in [0.1, 0.15) is 0 Å². The Labute approximate surface area is 151 Å². The standard InChI is InChI=1S/C18H22N4O4/c1-22-12-11-19-17(22)16(24)13-6-8-14(9-7-13)21-18(25)20-10-4-3-5-15(23)26-2/h6-9,11-12H,3-5,10H2,1-2H3,(H2,20,21,25). The number of unbranched alkanes of at least 4 members (excludes halogenated alkanes) is 1. The third-order valence-electron chi connectivity index (χ3n) is 3.75. The highest BCUT2D eigenvalue weighted by molar-refractivity contribution is 6.07. The van der Waals surface area contributed by atoms with Crippen LogP contribution < -0.4 is 10.6 Å². The molecule has 0 radical (unpaired) electrons. The highest BCUT2D eigenvalue weighted by atomic mass is 16.5. The fraction of sp³-hybridized carbons (Fsp3) is 0.333. The second kappa shape index (κ2) is 9.36. The van der Waals surface area contributed by atoms with E-state index in [2.05, 4.69) is 20.4 Å². The van der Waals surface area contributed by atoms with Gasteiger partial charge in [0.2, 0.25) is 5.78 Å². The SMILES string of the molecule is COC(=O)CCCCNC(=O)Nc1ccc(C(=O)c2nccn2C)cc1. The Balaban J connectivity index is 1.78. The fourth-order valence-corrected chi connectivity index (χ4v) is 2.29. The zero-order valence-electron chi connectivity index (χ0n) is 14.8. The highest BCUT2D eigenvalue weighted by Gasteiger charge is 2.13. The first-order valence-corrected chi connectivity index (χ1v) is 8.25. The maximum atomic E-state index is 12.3. The molecule has 138 valence electrons. The predicted octanol–water partition coefficient (Wildman–Crippen LogP) is 2.12. The van der Waals surface area contributed by atoms with Gasteiger partial charge in [0, 0.05) is 43.7 Å². The molecule has 2 aromatic rings. The Morgan fingerprint density at radius 2 is 1.88 bits per heavy atom. The first-order valence-electron chi connectivity index (χ1n) is 8.25. The molecule has 0 spiro atoms. The van der Waals surface area contributed by atoms with Crippen LogP contribution in [0.3, 0.4) is 0 Å². The molecule has 0 atom stereocenters. The summed E-state index contributed by atoms with van der Waals surface area (Å²) >= 11 is 0. The predicted molar refractivity (Wildman–Crippen MR) is 96.0 cm³/mol. The third-order valence-corrected chi connectivity index (χ3v) is 3.75. The Bertz CT molecular complexity index is 768. The molecular formula is C18H22N4O4. The number of rotatable bonds is 8. The van der Waals surface area contributed by atoms with Crippen molar-refractivity contribution in [2.75, 3.05) is 19.0 Å². The first kappa shape index (κ1) is 19.2. The van der Waals surface area contributed by atoms with E-state index in [0.29, 0.717) is 42.9 Å². The number of aromatic nitrogens is 2. The van der Waals surface area contributed by atoms with Crippen molar-refractivity contribution in [2.24, 2.45) is 7.05 Å². The number of imidazole rings is 1. The largest absolute Gasteiger partial charge is 0.469 e. The maximum absolute atomic E-state index is 12.3. The van der Waals surface area contributed by atoms with Crippen LogP contribution in [0.1, 0.15) is 35.4 Å². The van der Waals surface area contributed by atoms with E-state index in [1.807, 2.05) is 0 Å². The van der Waals surface area contributed by atoms with Crippen LogP contribution in [0.25, 0.3) is 0 Å². The van der Waals surface area contributed by atoms with Gasteiger partial charge in [0.25, 0.3) is 0 Å². The fourth-order valence-electron chi connectivity index (χ4n) is 2.29. The highest BCUT2D eigenvalue weighted by Crippen LogP contribution is 2.13. The second-order valence-corrected chi connectivity index (χ2v) is 5.68. The van der Waals surface area contributed by atoms with Gasteiger partial charge in [0.15, 0.2) is 5.82 Å². The summed E-state index contributed by atoms with van der Waals surface area (Å²) < 4.78 is 6.20. The minimum atomic E-state index is -0.341. The molecule has 8 nitrogen and oxygen atoms in total. The zero-order valence-corrected chi connectivity index (χ0v) is 14.8. The van der Waals surface area contributed by atoms with Crippen LogP contribution in [0.2, 0.25) is 0 Å². The molecule has 0 fully saturated rings. The van der Waals surface area contributed by atoms with Crippen molar-refractivity contribution in [3.63, 3.8) is 0 Å². The number of amides is 2. The molecule has 8 heteroatoms. The average molecular weight is 358 g/mol. The lowest BCUT2D eigenvalue weighted by atomic mass is 10.1. The Hall–Kier alpha value is -3.16. The Morgan fingerprint density at radius 1 is 1.15 bits per heavy atom. The molecule has 2 rings (SSSR count). The molecule has 26 heavy (non-hydrogen) atoms. The number of ketones is 1. The van der Waals surface area contributed by atoms with Crippen LogP contribution in [0.5, 0.6) is 0 Å². The van der Waals surface area contributed by atoms with Gasteiger partial charge < -0.3 is 19.9 Å². The number of urea groups is 1. The van der Waals surface area contributed by atoms with Crippen molar-refractivity contribution in [3.05, 3.63) is 48.0 Å². The van der Waals surface area contributed by atoms with E-state index >= 15 is 0 Å². The van der Waals surface area contributed by atoms with Crippen LogP contribution >= 0.6 is 0 Å². The number of hydrogen-bond donors (Lipinski definition) is 2. The number of methoxy groups -OCH3 is 1. The summed E-state index contributed by atoms with van der Waals surface area (Å²) in [6.07, 6.45) is 4.94. The Morgan fingerprint density at radius 3 is 2.50 bits per heavy atom. The summed E-state index contributed by atoms with van der Waals surface area (Å²) in [4.78, 5) is 39.1. The third kappa shape index (κ3) is 5.44. The molecule has 1 heterocycles. The zero-order chi connectivity index (χ0) is 18.9. The first-order chi connectivity index (χ1) is 12.5. The van der Waals surface area contributed by atoms with Crippen LogP contribution in [0.4, 0.5) is 10.5 Å². The van der Waals surface area contributed by atoms with Crippen molar-refractivity contribution in [3.8, 4) is 0 Å². The van der Waals surface area contributed by atoms with E-state index in [-0.39, 0.29) is 17.8 Å². The van der Waals surface area contributed by atoms with Crippen molar-refractivity contribution in [1.82, 2.24) is 14.9 Å². The van der Waals surface area contributed by atoms with Crippen molar-refractivity contribution < 1.29 is 19.1 Å². The molecule has 0 unspecified atom stereocenters. The topological polar surface area (TPSA) is 102 Å². The molecule has 1 aromatic heterocycles. The van der Waals surface area contributed by atoms with E-state index in [1.165, 1.54) is 7.11 Å². The van der Waals surface area contributed by atoms with Gasteiger partial charge in [-0.2, -0.15) is 0 Å². The number of anilines is 1. The van der Waals surface area contributed by atoms with Crippen molar-refractivity contribution >= 4 is 23.5 Å². The summed E-state index contributed by atoms with van der Waals surface area (Å²) in [5.41, 5.74) is 1.07. The summed E-state index contributed by atoms with van der Waals surface area (Å²) in [6.45, 7) is 0.457. The number of hydrogen-bond acceptors (Lipinski definition) is 5. The van der Waals surface area contributed by atoms with E-state index in [9.17, 15) is 14.4 Å². The molecule has 2 N–H and O–H groups in total. The van der Waals surface area contributed by atoms with Gasteiger partial charge in [-0.25, -0.2) is 9.78 Å². The van der Waals surface area contributed by atoms with Crippen LogP contribution in [0, 0.1) is 0 Å². The van der Waals surface area contributed by atoms with Gasteiger partial charge in [-0.1, -0.05) is 0 Å². The lowest BCUT2D eigenvalue weighted by Gasteiger charge is -2.08. The molecule has 0 aliphatic carbocycles. The molecule has 0 bridgehead atoms. The van der Waals surface area contributed by atoms with E-state index in [4.69, 9.17) is 0 Å². The van der Waals surface area contributed by atoms with Gasteiger partial charge in [0.05, 0.1) is 7.11 Å². The number of esters is 1. The number of nitrogens with one attached hydrogen (secondary N) is 2. The molecule has 0 aliphatic rings. The molecule has 0 aliphatic heterocycles. The summed E-state index contributed by atoms with van der Waals surface area (Å²) in [5, 5.41) is 5.40. The molecule has 1 aromatic carbocycles. The quantitative estimate of drug-likeness (QED) is 0.427. The summed E-state index contributed by atoms with van der Waals surface area (Å²) in [7, 11) is 3.11. The summed E-state index contributed by atoms with van der Waals surface area (Å²) in [6, 6.07) is 6.26. The number of aryl methyl sites for hydroxylation is 1. The lowest BCUT2D eigenvalue weighted by Crippen LogP contribution is -2.29. The minimum absolute atomic E-state index is 0.181. The summed E-state index contributed by atoms with van der Waals surface area (Å²) in [5.74, 6) is -0.0795. The number of ether oxygens (including phenoxy) is 1. The van der Waals surface area contributed by atoms with E-state index in [0.717, 1.165) is 0 Å². The minimum Gasteiger partial charge on any atom is -0.469 e. The van der Waals surface area contributed by atoms with E-state index in [1.54, 1.807) is 48.3 Å². The van der Waals surface area contributed by atoms with Gasteiger partial charge in [-0.3, -0.25) is 9.59 Å². The number of nitrogens with zero attached hydrogens (tertiary/aromatic N) is 2. The van der Waals surface area contributed by atoms with Crippen molar-refractivity contribution in [2.45, 2.75) is 19.3 Å². The smallest absolute Gasteiger partial charge is 0.319 e. The average Bonchev–Trinajstić information content (AvgIpc) is 3.07. The number of carbonyl (C=O) groups excluding carboxylic acids is 3. The number of carbonyl (C=O) groups is 3. The number of benzene rings is 1. The second-order valence-electron chi connectivity index (χ2n) is 5.68. The van der Waals surface area contributed by atoms with Crippen molar-refractivity contribution in [1.29, 1.82) is 0 Å². The van der Waals surface area contributed by atoms with Crippen LogP contribution in [-0.2, 0) is 16.6 Å². The monoisotopic (exact) mass is 358 g/mol. The van der Waals surface area contributed by atoms with Crippen LogP contribution in [-0.4, -0.2) is 41.0 Å². The molecule has 0 saturated carbocycles. The maximum Gasteiger partial charge on any atom is 0.319 e.